The number of hydrogen-bond donors (Lipinski definition) is 1. The molecule has 1 N–H and O–H groups in total. The number of amides is 1. The largest absolute Gasteiger partial charge is 0.494 e. The third-order valence-corrected chi connectivity index (χ3v) is 4.87. The molecule has 0 aliphatic heterocycles. The molecular formula is C22H25Cl2N3O6. The number of ketones is 1. The first-order valence-electron chi connectivity index (χ1n) is 9.99. The zero-order chi connectivity index (χ0) is 24.5. The zero-order valence-electron chi connectivity index (χ0n) is 18.9. The van der Waals surface area contributed by atoms with E-state index >= 15 is 0 Å². The average molecular weight is 498 g/mol. The van der Waals surface area contributed by atoms with Crippen LogP contribution in [-0.4, -0.2) is 45.2 Å². The van der Waals surface area contributed by atoms with Crippen LogP contribution in [-0.2, 0) is 9.59 Å². The highest BCUT2D eigenvalue weighted by Gasteiger charge is 2.26. The maximum absolute atomic E-state index is 13.0. The van der Waals surface area contributed by atoms with Crippen LogP contribution in [0.3, 0.4) is 0 Å². The minimum absolute atomic E-state index is 0.145. The number of anilines is 1. The van der Waals surface area contributed by atoms with Crippen LogP contribution in [0.25, 0.3) is 0 Å². The van der Waals surface area contributed by atoms with Crippen molar-refractivity contribution in [2.45, 2.75) is 26.8 Å². The SMILES string of the molecule is CCOc1c(Cl)ccc(NC(=O)C(N=Nc2c(OC)ccc(Cl)c2OC)C(C)=O)c1OCC. The number of ether oxygens (including phenoxy) is 4. The minimum Gasteiger partial charge on any atom is -0.494 e. The molecule has 0 heterocycles. The lowest BCUT2D eigenvalue weighted by Gasteiger charge is -2.18. The van der Waals surface area contributed by atoms with Crippen molar-refractivity contribution in [1.82, 2.24) is 0 Å². The normalized spacial score (nSPS) is 11.7. The number of nitrogens with one attached hydrogen (secondary N) is 1. The molecular weight excluding hydrogens is 473 g/mol. The Balaban J connectivity index is 2.42. The van der Waals surface area contributed by atoms with E-state index in [4.69, 9.17) is 42.1 Å². The second kappa shape index (κ2) is 12.3. The topological polar surface area (TPSA) is 108 Å². The maximum Gasteiger partial charge on any atom is 0.258 e. The van der Waals surface area contributed by atoms with Gasteiger partial charge in [-0.3, -0.25) is 9.59 Å². The second-order valence-corrected chi connectivity index (χ2v) is 7.28. The number of carbonyl (C=O) groups excluding carboxylic acids is 2. The predicted molar refractivity (Wildman–Crippen MR) is 126 cm³/mol. The van der Waals surface area contributed by atoms with Crippen LogP contribution in [0.5, 0.6) is 23.0 Å². The number of halogens is 2. The van der Waals surface area contributed by atoms with Gasteiger partial charge in [0.25, 0.3) is 5.91 Å². The second-order valence-electron chi connectivity index (χ2n) is 6.47. The van der Waals surface area contributed by atoms with E-state index in [9.17, 15) is 9.59 Å². The summed E-state index contributed by atoms with van der Waals surface area (Å²) in [7, 11) is 2.84. The Kier molecular flexibility index (Phi) is 9.74. The fourth-order valence-electron chi connectivity index (χ4n) is 2.82. The van der Waals surface area contributed by atoms with Crippen LogP contribution >= 0.6 is 23.2 Å². The van der Waals surface area contributed by atoms with Crippen LogP contribution in [0.4, 0.5) is 11.4 Å². The van der Waals surface area contributed by atoms with Crippen molar-refractivity contribution in [2.24, 2.45) is 10.2 Å². The smallest absolute Gasteiger partial charge is 0.258 e. The molecule has 1 unspecified atom stereocenters. The predicted octanol–water partition coefficient (Wildman–Crippen LogP) is 5.49. The lowest BCUT2D eigenvalue weighted by atomic mass is 10.2. The molecule has 0 saturated carbocycles. The summed E-state index contributed by atoms with van der Waals surface area (Å²) in [6, 6.07) is 4.78. The minimum atomic E-state index is -1.46. The Hall–Kier alpha value is -3.04. The summed E-state index contributed by atoms with van der Waals surface area (Å²) in [6.07, 6.45) is 0. The van der Waals surface area contributed by atoms with Gasteiger partial charge in [0.15, 0.2) is 28.7 Å². The van der Waals surface area contributed by atoms with Gasteiger partial charge in [0.05, 0.1) is 43.2 Å². The highest BCUT2D eigenvalue weighted by Crippen LogP contribution is 2.43. The van der Waals surface area contributed by atoms with E-state index in [0.717, 1.165) is 0 Å². The number of azo groups is 1. The third-order valence-electron chi connectivity index (χ3n) is 4.28. The third kappa shape index (κ3) is 6.27. The average Bonchev–Trinajstić information content (AvgIpc) is 2.78. The van der Waals surface area contributed by atoms with E-state index in [2.05, 4.69) is 15.5 Å². The van der Waals surface area contributed by atoms with Gasteiger partial charge >= 0.3 is 0 Å². The van der Waals surface area contributed by atoms with E-state index in [-0.39, 0.29) is 33.6 Å². The molecule has 0 bridgehead atoms. The lowest BCUT2D eigenvalue weighted by Crippen LogP contribution is -2.32. The first-order chi connectivity index (χ1) is 15.8. The number of hydrogen-bond acceptors (Lipinski definition) is 8. The van der Waals surface area contributed by atoms with Crippen molar-refractivity contribution < 1.29 is 28.5 Å². The van der Waals surface area contributed by atoms with Crippen molar-refractivity contribution in [3.8, 4) is 23.0 Å². The van der Waals surface area contributed by atoms with Gasteiger partial charge in [0.2, 0.25) is 6.04 Å². The lowest BCUT2D eigenvalue weighted by molar-refractivity contribution is -0.126. The molecule has 11 heteroatoms. The molecule has 178 valence electrons. The van der Waals surface area contributed by atoms with Gasteiger partial charge in [0.1, 0.15) is 5.75 Å². The first kappa shape index (κ1) is 26.2. The monoisotopic (exact) mass is 497 g/mol. The van der Waals surface area contributed by atoms with Gasteiger partial charge in [-0.1, -0.05) is 23.2 Å². The summed E-state index contributed by atoms with van der Waals surface area (Å²) >= 11 is 12.4. The van der Waals surface area contributed by atoms with E-state index in [1.165, 1.54) is 21.1 Å². The highest BCUT2D eigenvalue weighted by atomic mass is 35.5. The molecule has 33 heavy (non-hydrogen) atoms. The summed E-state index contributed by atoms with van der Waals surface area (Å²) in [5, 5.41) is 11.2. The molecule has 0 aromatic heterocycles. The number of carbonyl (C=O) groups is 2. The fourth-order valence-corrected chi connectivity index (χ4v) is 3.25. The van der Waals surface area contributed by atoms with Crippen LogP contribution in [0.1, 0.15) is 20.8 Å². The quantitative estimate of drug-likeness (QED) is 0.324. The summed E-state index contributed by atoms with van der Waals surface area (Å²) < 4.78 is 21.7. The Labute approximate surface area is 202 Å². The van der Waals surface area contributed by atoms with Gasteiger partial charge in [-0.2, -0.15) is 5.11 Å². The summed E-state index contributed by atoms with van der Waals surface area (Å²) in [6.45, 7) is 5.44. The first-order valence-corrected chi connectivity index (χ1v) is 10.7. The van der Waals surface area contributed by atoms with Crippen molar-refractivity contribution in [3.63, 3.8) is 0 Å². The molecule has 2 aromatic carbocycles. The number of Topliss-reactive ketones (excluding diaryl/α,β-unsaturated/α-hetero) is 1. The van der Waals surface area contributed by atoms with E-state index in [1.807, 2.05) is 0 Å². The fraction of sp³-hybridized carbons (Fsp3) is 0.364. The molecule has 0 saturated heterocycles. The number of methoxy groups -OCH3 is 2. The van der Waals surface area contributed by atoms with Gasteiger partial charge < -0.3 is 24.3 Å². The molecule has 0 fully saturated rings. The van der Waals surface area contributed by atoms with Crippen molar-refractivity contribution in [3.05, 3.63) is 34.3 Å². The van der Waals surface area contributed by atoms with Crippen LogP contribution in [0.2, 0.25) is 10.0 Å². The summed E-state index contributed by atoms with van der Waals surface area (Å²) in [5.74, 6) is -0.225. The molecule has 1 atom stereocenters. The molecule has 0 spiro atoms. The van der Waals surface area contributed by atoms with Crippen molar-refractivity contribution >= 4 is 46.3 Å². The molecule has 2 rings (SSSR count). The summed E-state index contributed by atoms with van der Waals surface area (Å²) in [5.41, 5.74) is 0.417. The standard InChI is InChI=1S/C22H25Cl2N3O6/c1-6-32-20-14(24)8-10-15(21(20)33-7-2)25-22(29)17(12(3)28)26-27-18-16(30-4)11-9-13(23)19(18)31-5/h8-11,17H,6-7H2,1-5H3,(H,25,29). The Morgan fingerprint density at radius 2 is 1.55 bits per heavy atom. The maximum atomic E-state index is 13.0. The van der Waals surface area contributed by atoms with Crippen molar-refractivity contribution in [1.29, 1.82) is 0 Å². The Bertz CT molecular complexity index is 1050. The van der Waals surface area contributed by atoms with E-state index in [1.54, 1.807) is 38.1 Å². The molecule has 0 aliphatic rings. The highest BCUT2D eigenvalue weighted by molar-refractivity contribution is 6.33. The van der Waals surface area contributed by atoms with Gasteiger partial charge in [-0.15, -0.1) is 5.11 Å². The molecule has 1 amide bonds. The van der Waals surface area contributed by atoms with Crippen LogP contribution in [0, 0.1) is 0 Å². The van der Waals surface area contributed by atoms with Gasteiger partial charge in [-0.25, -0.2) is 0 Å². The zero-order valence-corrected chi connectivity index (χ0v) is 20.4. The number of nitrogens with zero attached hydrogens (tertiary/aromatic N) is 2. The van der Waals surface area contributed by atoms with Gasteiger partial charge in [-0.05, 0) is 45.0 Å². The van der Waals surface area contributed by atoms with Crippen LogP contribution in [0.15, 0.2) is 34.5 Å². The number of benzene rings is 2. The molecule has 9 nitrogen and oxygen atoms in total. The molecule has 0 radical (unpaired) electrons. The van der Waals surface area contributed by atoms with Crippen molar-refractivity contribution in [2.75, 3.05) is 32.8 Å². The molecule has 2 aromatic rings. The van der Waals surface area contributed by atoms with E-state index < -0.39 is 17.7 Å². The molecule has 0 aliphatic carbocycles. The summed E-state index contributed by atoms with van der Waals surface area (Å²) in [4.78, 5) is 25.2. The Morgan fingerprint density at radius 1 is 0.939 bits per heavy atom. The van der Waals surface area contributed by atoms with Crippen LogP contribution < -0.4 is 24.3 Å². The van der Waals surface area contributed by atoms with Gasteiger partial charge in [0, 0.05) is 0 Å². The Morgan fingerprint density at radius 3 is 2.12 bits per heavy atom. The van der Waals surface area contributed by atoms with E-state index in [0.29, 0.717) is 24.0 Å². The number of rotatable bonds is 11.